The molecule has 3 rings (SSSR count). The van der Waals surface area contributed by atoms with Gasteiger partial charge >= 0.3 is 6.36 Å². The standard InChI is InChI=1S/C19H18F3NO3/c1-23(11-15-10-13-6-2-3-7-14(13)12-25-15)18(24)16-8-4-5-9-17(16)26-19(20,21)22/h2-9,15H,10-12H2,1H3. The minimum Gasteiger partial charge on any atom is -0.405 e. The van der Waals surface area contributed by atoms with E-state index >= 15 is 0 Å². The zero-order valence-corrected chi connectivity index (χ0v) is 14.1. The number of ether oxygens (including phenoxy) is 2. The van der Waals surface area contributed by atoms with E-state index in [1.165, 1.54) is 30.1 Å². The van der Waals surface area contributed by atoms with Crippen LogP contribution in [0.4, 0.5) is 13.2 Å². The first-order valence-corrected chi connectivity index (χ1v) is 8.12. The van der Waals surface area contributed by atoms with Gasteiger partial charge in [-0.3, -0.25) is 4.79 Å². The van der Waals surface area contributed by atoms with Crippen LogP contribution in [0.3, 0.4) is 0 Å². The predicted molar refractivity (Wildman–Crippen MR) is 88.8 cm³/mol. The van der Waals surface area contributed by atoms with Gasteiger partial charge in [-0.05, 0) is 23.3 Å². The molecule has 0 saturated heterocycles. The van der Waals surface area contributed by atoms with Gasteiger partial charge in [0.2, 0.25) is 0 Å². The number of fused-ring (bicyclic) bond motifs is 1. The van der Waals surface area contributed by atoms with E-state index < -0.39 is 18.0 Å². The lowest BCUT2D eigenvalue weighted by Crippen LogP contribution is -2.38. The first-order chi connectivity index (χ1) is 12.3. The van der Waals surface area contributed by atoms with Crippen molar-refractivity contribution in [2.24, 2.45) is 0 Å². The Balaban J connectivity index is 1.69. The Bertz CT molecular complexity index is 792. The molecule has 0 aromatic heterocycles. The largest absolute Gasteiger partial charge is 0.573 e. The average molecular weight is 365 g/mol. The van der Waals surface area contributed by atoms with Crippen LogP contribution in [0.25, 0.3) is 0 Å². The number of likely N-dealkylation sites (N-methyl/N-ethyl adjacent to an activating group) is 1. The second-order valence-corrected chi connectivity index (χ2v) is 6.14. The number of rotatable bonds is 4. The summed E-state index contributed by atoms with van der Waals surface area (Å²) < 4.78 is 47.3. The summed E-state index contributed by atoms with van der Waals surface area (Å²) in [7, 11) is 1.54. The molecule has 26 heavy (non-hydrogen) atoms. The summed E-state index contributed by atoms with van der Waals surface area (Å²) in [5.41, 5.74) is 2.13. The molecule has 1 aliphatic heterocycles. The van der Waals surface area contributed by atoms with E-state index in [2.05, 4.69) is 4.74 Å². The van der Waals surface area contributed by atoms with Crippen molar-refractivity contribution in [2.45, 2.75) is 25.5 Å². The summed E-state index contributed by atoms with van der Waals surface area (Å²) in [6, 6.07) is 13.2. The van der Waals surface area contributed by atoms with Crippen LogP contribution in [0, 0.1) is 0 Å². The van der Waals surface area contributed by atoms with Crippen molar-refractivity contribution in [1.29, 1.82) is 0 Å². The van der Waals surface area contributed by atoms with Crippen LogP contribution in [0.5, 0.6) is 5.75 Å². The number of alkyl halides is 3. The third-order valence-electron chi connectivity index (χ3n) is 4.21. The van der Waals surface area contributed by atoms with E-state index in [9.17, 15) is 18.0 Å². The number of benzene rings is 2. The Hall–Kier alpha value is -2.54. The van der Waals surface area contributed by atoms with Gasteiger partial charge in [0, 0.05) is 20.0 Å². The molecule has 0 fully saturated rings. The van der Waals surface area contributed by atoms with Crippen molar-refractivity contribution in [1.82, 2.24) is 4.90 Å². The minimum absolute atomic E-state index is 0.136. The molecular weight excluding hydrogens is 347 g/mol. The minimum atomic E-state index is -4.86. The first-order valence-electron chi connectivity index (χ1n) is 8.12. The summed E-state index contributed by atoms with van der Waals surface area (Å²) in [6.07, 6.45) is -4.42. The molecule has 1 atom stereocenters. The molecule has 2 aromatic rings. The SMILES string of the molecule is CN(CC1Cc2ccccc2CO1)C(=O)c1ccccc1OC(F)(F)F. The van der Waals surface area contributed by atoms with E-state index in [1.54, 1.807) is 0 Å². The van der Waals surface area contributed by atoms with E-state index in [0.29, 0.717) is 13.0 Å². The molecule has 1 amide bonds. The average Bonchev–Trinajstić information content (AvgIpc) is 2.60. The second-order valence-electron chi connectivity index (χ2n) is 6.14. The van der Waals surface area contributed by atoms with E-state index in [-0.39, 0.29) is 18.2 Å². The summed E-state index contributed by atoms with van der Waals surface area (Å²) in [6.45, 7) is 0.726. The Morgan fingerprint density at radius 2 is 1.81 bits per heavy atom. The maximum atomic E-state index is 12.6. The summed E-state index contributed by atoms with van der Waals surface area (Å²) in [5, 5.41) is 0. The van der Waals surface area contributed by atoms with Crippen molar-refractivity contribution in [3.63, 3.8) is 0 Å². The molecule has 0 aliphatic carbocycles. The number of hydrogen-bond donors (Lipinski definition) is 0. The van der Waals surface area contributed by atoms with E-state index in [4.69, 9.17) is 4.74 Å². The fraction of sp³-hybridized carbons (Fsp3) is 0.316. The van der Waals surface area contributed by atoms with Crippen molar-refractivity contribution in [3.05, 3.63) is 65.2 Å². The van der Waals surface area contributed by atoms with Crippen molar-refractivity contribution in [3.8, 4) is 5.75 Å². The van der Waals surface area contributed by atoms with Gasteiger partial charge in [0.05, 0.1) is 18.3 Å². The highest BCUT2D eigenvalue weighted by Crippen LogP contribution is 2.27. The highest BCUT2D eigenvalue weighted by molar-refractivity contribution is 5.96. The van der Waals surface area contributed by atoms with Gasteiger partial charge in [0.25, 0.3) is 5.91 Å². The molecule has 0 spiro atoms. The number of halogens is 3. The Labute approximate surface area is 149 Å². The van der Waals surface area contributed by atoms with Gasteiger partial charge in [0.15, 0.2) is 0 Å². The van der Waals surface area contributed by atoms with Gasteiger partial charge < -0.3 is 14.4 Å². The number of para-hydroxylation sites is 1. The number of carbonyl (C=O) groups is 1. The van der Waals surface area contributed by atoms with Crippen LogP contribution in [-0.2, 0) is 17.8 Å². The van der Waals surface area contributed by atoms with Crippen LogP contribution in [0.15, 0.2) is 48.5 Å². The zero-order chi connectivity index (χ0) is 18.7. The number of amides is 1. The number of carbonyl (C=O) groups excluding carboxylic acids is 1. The Kier molecular flexibility index (Phi) is 5.18. The fourth-order valence-corrected chi connectivity index (χ4v) is 2.98. The molecule has 1 heterocycles. The Morgan fingerprint density at radius 3 is 2.54 bits per heavy atom. The number of hydrogen-bond acceptors (Lipinski definition) is 3. The molecule has 0 saturated carbocycles. The second kappa shape index (κ2) is 7.37. The van der Waals surface area contributed by atoms with Crippen LogP contribution < -0.4 is 4.74 Å². The van der Waals surface area contributed by atoms with Crippen LogP contribution in [0.2, 0.25) is 0 Å². The molecule has 1 unspecified atom stereocenters. The van der Waals surface area contributed by atoms with E-state index in [0.717, 1.165) is 17.2 Å². The predicted octanol–water partition coefficient (Wildman–Crippen LogP) is 3.80. The summed E-state index contributed by atoms with van der Waals surface area (Å²) in [4.78, 5) is 14.0. The third kappa shape index (κ3) is 4.35. The molecule has 0 N–H and O–H groups in total. The van der Waals surface area contributed by atoms with E-state index in [1.807, 2.05) is 24.3 Å². The van der Waals surface area contributed by atoms with Gasteiger partial charge in [-0.25, -0.2) is 0 Å². The molecule has 1 aliphatic rings. The summed E-state index contributed by atoms with van der Waals surface area (Å²) >= 11 is 0. The van der Waals surface area contributed by atoms with Crippen molar-refractivity contribution >= 4 is 5.91 Å². The molecule has 0 radical (unpaired) electrons. The zero-order valence-electron chi connectivity index (χ0n) is 14.1. The quantitative estimate of drug-likeness (QED) is 0.827. The normalized spacial score (nSPS) is 16.7. The maximum Gasteiger partial charge on any atom is 0.573 e. The molecular formula is C19H18F3NO3. The lowest BCUT2D eigenvalue weighted by atomic mass is 9.99. The Morgan fingerprint density at radius 1 is 1.15 bits per heavy atom. The summed E-state index contributed by atoms with van der Waals surface area (Å²) in [5.74, 6) is -1.06. The molecule has 138 valence electrons. The van der Waals surface area contributed by atoms with Crippen molar-refractivity contribution in [2.75, 3.05) is 13.6 Å². The lowest BCUT2D eigenvalue weighted by molar-refractivity contribution is -0.274. The molecule has 0 bridgehead atoms. The monoisotopic (exact) mass is 365 g/mol. The molecule has 2 aromatic carbocycles. The first kappa shape index (κ1) is 18.3. The number of nitrogens with zero attached hydrogens (tertiary/aromatic N) is 1. The topological polar surface area (TPSA) is 38.8 Å². The van der Waals surface area contributed by atoms with Gasteiger partial charge in [-0.2, -0.15) is 0 Å². The highest BCUT2D eigenvalue weighted by atomic mass is 19.4. The van der Waals surface area contributed by atoms with Gasteiger partial charge in [0.1, 0.15) is 5.75 Å². The molecule has 4 nitrogen and oxygen atoms in total. The maximum absolute atomic E-state index is 12.6. The third-order valence-corrected chi connectivity index (χ3v) is 4.21. The smallest absolute Gasteiger partial charge is 0.405 e. The lowest BCUT2D eigenvalue weighted by Gasteiger charge is -2.29. The highest BCUT2D eigenvalue weighted by Gasteiger charge is 2.33. The van der Waals surface area contributed by atoms with Crippen LogP contribution in [0.1, 0.15) is 21.5 Å². The van der Waals surface area contributed by atoms with Crippen LogP contribution >= 0.6 is 0 Å². The van der Waals surface area contributed by atoms with Crippen LogP contribution in [-0.4, -0.2) is 36.9 Å². The van der Waals surface area contributed by atoms with Crippen molar-refractivity contribution < 1.29 is 27.4 Å². The van der Waals surface area contributed by atoms with Gasteiger partial charge in [-0.15, -0.1) is 13.2 Å². The van der Waals surface area contributed by atoms with Gasteiger partial charge in [-0.1, -0.05) is 36.4 Å². The molecule has 7 heteroatoms. The fourth-order valence-electron chi connectivity index (χ4n) is 2.98.